The SMILES string of the molecule is N#CC(C(=O)NCc1ccccc1)c1nc2ccccc2nc1N1CCOCC1. The molecule has 0 radical (unpaired) electrons. The summed E-state index contributed by atoms with van der Waals surface area (Å²) >= 11 is 0. The molecule has 1 unspecified atom stereocenters. The van der Waals surface area contributed by atoms with Crippen LogP contribution in [0.4, 0.5) is 5.82 Å². The van der Waals surface area contributed by atoms with Gasteiger partial charge in [0.05, 0.1) is 30.3 Å². The summed E-state index contributed by atoms with van der Waals surface area (Å²) in [6.07, 6.45) is 0. The minimum Gasteiger partial charge on any atom is -0.378 e. The Kier molecular flexibility index (Phi) is 5.63. The van der Waals surface area contributed by atoms with Gasteiger partial charge in [-0.3, -0.25) is 4.79 Å². The van der Waals surface area contributed by atoms with E-state index < -0.39 is 5.92 Å². The number of anilines is 1. The molecule has 0 saturated carbocycles. The molecule has 2 aromatic carbocycles. The highest BCUT2D eigenvalue weighted by Gasteiger charge is 2.29. The van der Waals surface area contributed by atoms with Crippen molar-refractivity contribution in [1.29, 1.82) is 5.26 Å². The quantitative estimate of drug-likeness (QED) is 0.723. The Labute approximate surface area is 169 Å². The molecule has 1 atom stereocenters. The summed E-state index contributed by atoms with van der Waals surface area (Å²) < 4.78 is 5.44. The molecule has 0 bridgehead atoms. The first kappa shape index (κ1) is 18.8. The summed E-state index contributed by atoms with van der Waals surface area (Å²) in [7, 11) is 0. The minimum atomic E-state index is -1.05. The fourth-order valence-corrected chi connectivity index (χ4v) is 3.34. The molecule has 4 rings (SSSR count). The Hall–Kier alpha value is -3.50. The average Bonchev–Trinajstić information content (AvgIpc) is 2.79. The molecule has 1 aliphatic heterocycles. The molecule has 7 nitrogen and oxygen atoms in total. The molecule has 1 fully saturated rings. The number of nitrogens with one attached hydrogen (secondary N) is 1. The third-order valence-corrected chi connectivity index (χ3v) is 4.86. The van der Waals surface area contributed by atoms with Gasteiger partial charge >= 0.3 is 0 Å². The van der Waals surface area contributed by atoms with Gasteiger partial charge in [-0.2, -0.15) is 5.26 Å². The van der Waals surface area contributed by atoms with Crippen molar-refractivity contribution in [3.05, 3.63) is 65.9 Å². The van der Waals surface area contributed by atoms with Gasteiger partial charge < -0.3 is 15.0 Å². The lowest BCUT2D eigenvalue weighted by atomic mass is 10.0. The third-order valence-electron chi connectivity index (χ3n) is 4.86. The normalized spacial score (nSPS) is 14.9. The van der Waals surface area contributed by atoms with E-state index in [0.29, 0.717) is 49.9 Å². The predicted octanol–water partition coefficient (Wildman–Crippen LogP) is 2.39. The smallest absolute Gasteiger partial charge is 0.243 e. The fourth-order valence-electron chi connectivity index (χ4n) is 3.34. The highest BCUT2D eigenvalue weighted by atomic mass is 16.5. The van der Waals surface area contributed by atoms with Crippen LogP contribution >= 0.6 is 0 Å². The topological polar surface area (TPSA) is 91.1 Å². The lowest BCUT2D eigenvalue weighted by molar-refractivity contribution is -0.121. The molecule has 1 N–H and O–H groups in total. The molecule has 1 aliphatic rings. The van der Waals surface area contributed by atoms with E-state index in [4.69, 9.17) is 9.72 Å². The van der Waals surface area contributed by atoms with Crippen LogP contribution in [0.25, 0.3) is 11.0 Å². The molecule has 0 spiro atoms. The van der Waals surface area contributed by atoms with E-state index in [2.05, 4.69) is 16.4 Å². The third kappa shape index (κ3) is 4.18. The van der Waals surface area contributed by atoms with Crippen LogP contribution < -0.4 is 10.2 Å². The van der Waals surface area contributed by atoms with E-state index in [1.54, 1.807) is 0 Å². The molecular weight excluding hydrogens is 366 g/mol. The van der Waals surface area contributed by atoms with Crippen LogP contribution in [-0.2, 0) is 16.1 Å². The standard InChI is InChI=1S/C22H21N5O2/c23-14-17(22(28)24-15-16-6-2-1-3-7-16)20-21(27-10-12-29-13-11-27)26-19-9-5-4-8-18(19)25-20/h1-9,17H,10-13,15H2,(H,24,28). The van der Waals surface area contributed by atoms with Gasteiger partial charge in [0.15, 0.2) is 11.7 Å². The van der Waals surface area contributed by atoms with Crippen LogP contribution in [-0.4, -0.2) is 42.2 Å². The lowest BCUT2D eigenvalue weighted by Crippen LogP contribution is -2.38. The second-order valence-electron chi connectivity index (χ2n) is 6.79. The van der Waals surface area contributed by atoms with E-state index in [0.717, 1.165) is 11.1 Å². The number of rotatable bonds is 5. The first-order valence-electron chi connectivity index (χ1n) is 9.57. The highest BCUT2D eigenvalue weighted by molar-refractivity contribution is 5.88. The first-order chi connectivity index (χ1) is 14.3. The predicted molar refractivity (Wildman–Crippen MR) is 109 cm³/mol. The molecule has 7 heteroatoms. The molecule has 1 saturated heterocycles. The number of para-hydroxylation sites is 2. The average molecular weight is 387 g/mol. The number of nitrogens with zero attached hydrogens (tertiary/aromatic N) is 4. The second kappa shape index (κ2) is 8.67. The van der Waals surface area contributed by atoms with Crippen LogP contribution in [0.15, 0.2) is 54.6 Å². The Morgan fingerprint density at radius 3 is 2.41 bits per heavy atom. The molecule has 146 valence electrons. The van der Waals surface area contributed by atoms with Gasteiger partial charge in [0.2, 0.25) is 5.91 Å². The number of nitriles is 1. The number of hydrogen-bond donors (Lipinski definition) is 1. The highest BCUT2D eigenvalue weighted by Crippen LogP contribution is 2.28. The Morgan fingerprint density at radius 2 is 1.72 bits per heavy atom. The number of carbonyl (C=O) groups is 1. The van der Waals surface area contributed by atoms with Crippen molar-refractivity contribution in [2.24, 2.45) is 0 Å². The summed E-state index contributed by atoms with van der Waals surface area (Å²) in [5.74, 6) is -0.850. The van der Waals surface area contributed by atoms with E-state index in [9.17, 15) is 10.1 Å². The lowest BCUT2D eigenvalue weighted by Gasteiger charge is -2.29. The summed E-state index contributed by atoms with van der Waals surface area (Å²) in [5, 5.41) is 12.7. The Bertz CT molecular complexity index is 1040. The van der Waals surface area contributed by atoms with Gasteiger partial charge in [-0.15, -0.1) is 0 Å². The van der Waals surface area contributed by atoms with Crippen LogP contribution in [0.5, 0.6) is 0 Å². The van der Waals surface area contributed by atoms with E-state index in [-0.39, 0.29) is 5.91 Å². The minimum absolute atomic E-state index is 0.353. The summed E-state index contributed by atoms with van der Waals surface area (Å²) in [6, 6.07) is 19.2. The number of benzene rings is 2. The van der Waals surface area contributed by atoms with Gasteiger partial charge in [0.1, 0.15) is 5.69 Å². The maximum absolute atomic E-state index is 12.9. The zero-order chi connectivity index (χ0) is 20.1. The maximum Gasteiger partial charge on any atom is 0.243 e. The molecule has 0 aliphatic carbocycles. The number of carbonyl (C=O) groups excluding carboxylic acids is 1. The zero-order valence-electron chi connectivity index (χ0n) is 15.9. The number of morpholine rings is 1. The fraction of sp³-hybridized carbons (Fsp3) is 0.273. The molecule has 2 heterocycles. The van der Waals surface area contributed by atoms with Gasteiger partial charge in [-0.1, -0.05) is 42.5 Å². The molecular formula is C22H21N5O2. The summed E-state index contributed by atoms with van der Waals surface area (Å²) in [4.78, 5) is 24.3. The van der Waals surface area contributed by atoms with Crippen molar-refractivity contribution < 1.29 is 9.53 Å². The van der Waals surface area contributed by atoms with Crippen LogP contribution in [0.3, 0.4) is 0 Å². The Balaban J connectivity index is 1.67. The first-order valence-corrected chi connectivity index (χ1v) is 9.57. The van der Waals surface area contributed by atoms with Crippen molar-refractivity contribution >= 4 is 22.8 Å². The van der Waals surface area contributed by atoms with E-state index in [1.165, 1.54) is 0 Å². The number of hydrogen-bond acceptors (Lipinski definition) is 6. The molecule has 1 aromatic heterocycles. The summed E-state index contributed by atoms with van der Waals surface area (Å²) in [5.41, 5.74) is 2.75. The van der Waals surface area contributed by atoms with E-state index >= 15 is 0 Å². The van der Waals surface area contributed by atoms with Crippen molar-refractivity contribution in [1.82, 2.24) is 15.3 Å². The molecule has 29 heavy (non-hydrogen) atoms. The monoisotopic (exact) mass is 387 g/mol. The van der Waals surface area contributed by atoms with Crippen molar-refractivity contribution in [2.45, 2.75) is 12.5 Å². The number of ether oxygens (including phenoxy) is 1. The molecule has 3 aromatic rings. The van der Waals surface area contributed by atoms with Crippen LogP contribution in [0.2, 0.25) is 0 Å². The van der Waals surface area contributed by atoms with Crippen molar-refractivity contribution in [3.63, 3.8) is 0 Å². The number of amides is 1. The summed E-state index contributed by atoms with van der Waals surface area (Å²) in [6.45, 7) is 2.79. The zero-order valence-corrected chi connectivity index (χ0v) is 15.9. The van der Waals surface area contributed by atoms with Crippen LogP contribution in [0.1, 0.15) is 17.2 Å². The van der Waals surface area contributed by atoms with Gasteiger partial charge in [0, 0.05) is 19.6 Å². The number of aromatic nitrogens is 2. The van der Waals surface area contributed by atoms with Gasteiger partial charge in [0.25, 0.3) is 0 Å². The van der Waals surface area contributed by atoms with Gasteiger partial charge in [-0.25, -0.2) is 9.97 Å². The van der Waals surface area contributed by atoms with Gasteiger partial charge in [-0.05, 0) is 17.7 Å². The van der Waals surface area contributed by atoms with Crippen LogP contribution in [0, 0.1) is 11.3 Å². The van der Waals surface area contributed by atoms with E-state index in [1.807, 2.05) is 59.5 Å². The number of fused-ring (bicyclic) bond motifs is 1. The Morgan fingerprint density at radius 1 is 1.07 bits per heavy atom. The van der Waals surface area contributed by atoms with Crippen molar-refractivity contribution in [2.75, 3.05) is 31.2 Å². The molecule has 1 amide bonds. The maximum atomic E-state index is 12.9. The largest absolute Gasteiger partial charge is 0.378 e. The second-order valence-corrected chi connectivity index (χ2v) is 6.79. The van der Waals surface area contributed by atoms with Crippen molar-refractivity contribution in [3.8, 4) is 6.07 Å².